The molecule has 0 aliphatic carbocycles. The van der Waals surface area contributed by atoms with E-state index in [0.717, 1.165) is 0 Å². The van der Waals surface area contributed by atoms with Gasteiger partial charge >= 0.3 is 0 Å². The summed E-state index contributed by atoms with van der Waals surface area (Å²) in [5.41, 5.74) is 8.73. The molecule has 25 heavy (non-hydrogen) atoms. The minimum atomic E-state index is -0.488. The van der Waals surface area contributed by atoms with E-state index >= 15 is 0 Å². The van der Waals surface area contributed by atoms with E-state index in [1.165, 1.54) is 16.7 Å². The van der Waals surface area contributed by atoms with Crippen LogP contribution in [-0.4, -0.2) is 19.5 Å². The number of nitrogen functional groups attached to an aromatic ring is 1. The summed E-state index contributed by atoms with van der Waals surface area (Å²) >= 11 is 0. The minimum Gasteiger partial charge on any atom is -0.384 e. The van der Waals surface area contributed by atoms with Gasteiger partial charge in [-0.15, -0.1) is 0 Å². The second-order valence-corrected chi connectivity index (χ2v) is 5.37. The van der Waals surface area contributed by atoms with Gasteiger partial charge < -0.3 is 5.73 Å². The first-order valence-corrected chi connectivity index (χ1v) is 7.32. The molecule has 120 valence electrons. The molecule has 8 nitrogen and oxygen atoms in total. The number of benzene rings is 2. The van der Waals surface area contributed by atoms with Gasteiger partial charge in [0.15, 0.2) is 5.65 Å². The zero-order valence-corrected chi connectivity index (χ0v) is 12.7. The maximum absolute atomic E-state index is 11.1. The molecule has 0 aliphatic rings. The fourth-order valence-corrected chi connectivity index (χ4v) is 2.78. The van der Waals surface area contributed by atoms with E-state index in [4.69, 9.17) is 5.73 Å². The summed E-state index contributed by atoms with van der Waals surface area (Å²) in [4.78, 5) is 19.6. The molecule has 4 aromatic rings. The van der Waals surface area contributed by atoms with E-state index < -0.39 is 4.92 Å². The Kier molecular flexibility index (Phi) is 3.08. The second kappa shape index (κ2) is 5.28. The average molecular weight is 330 g/mol. The highest BCUT2D eigenvalue weighted by Gasteiger charge is 2.20. The molecule has 2 aromatic heterocycles. The fraction of sp³-hybridized carbons (Fsp3) is 0. The highest BCUT2D eigenvalue weighted by molar-refractivity contribution is 5.93. The number of hydrogen-bond donors (Lipinski definition) is 1. The summed E-state index contributed by atoms with van der Waals surface area (Å²) in [5.74, 6) is 0.147. The highest BCUT2D eigenvalue weighted by atomic mass is 16.6. The van der Waals surface area contributed by atoms with Crippen LogP contribution in [0, 0.1) is 21.4 Å². The van der Waals surface area contributed by atoms with Gasteiger partial charge in [0.2, 0.25) is 0 Å². The lowest BCUT2D eigenvalue weighted by Crippen LogP contribution is -2.02. The average Bonchev–Trinajstić information content (AvgIpc) is 2.90. The SMILES string of the molecule is N#Cc1c(N)n(-c2cccc([N+](=O)[O-])c2)c2nc3ccccc3nc12. The Labute approximate surface area is 140 Å². The topological polar surface area (TPSA) is 124 Å². The zero-order valence-electron chi connectivity index (χ0n) is 12.7. The van der Waals surface area contributed by atoms with Gasteiger partial charge in [-0.3, -0.25) is 14.7 Å². The quantitative estimate of drug-likeness (QED) is 0.445. The molecule has 0 saturated carbocycles. The molecule has 0 amide bonds. The first-order valence-electron chi connectivity index (χ1n) is 7.32. The van der Waals surface area contributed by atoms with Gasteiger partial charge in [-0.1, -0.05) is 18.2 Å². The molecule has 0 atom stereocenters. The zero-order chi connectivity index (χ0) is 17.6. The third-order valence-electron chi connectivity index (χ3n) is 3.91. The Morgan fingerprint density at radius 2 is 1.84 bits per heavy atom. The van der Waals surface area contributed by atoms with Gasteiger partial charge in [0, 0.05) is 12.1 Å². The van der Waals surface area contributed by atoms with Crippen LogP contribution < -0.4 is 5.73 Å². The summed E-state index contributed by atoms with van der Waals surface area (Å²) in [6, 6.07) is 15.3. The van der Waals surface area contributed by atoms with Crippen LogP contribution in [-0.2, 0) is 0 Å². The van der Waals surface area contributed by atoms with Crippen LogP contribution in [0.3, 0.4) is 0 Å². The minimum absolute atomic E-state index is 0.0778. The van der Waals surface area contributed by atoms with Crippen molar-refractivity contribution in [3.05, 3.63) is 64.2 Å². The van der Waals surface area contributed by atoms with Crippen molar-refractivity contribution in [1.29, 1.82) is 5.26 Å². The lowest BCUT2D eigenvalue weighted by molar-refractivity contribution is -0.384. The number of hydrogen-bond acceptors (Lipinski definition) is 6. The largest absolute Gasteiger partial charge is 0.384 e. The molecular weight excluding hydrogens is 320 g/mol. The Balaban J connectivity index is 2.12. The number of non-ortho nitro benzene ring substituents is 1. The highest BCUT2D eigenvalue weighted by Crippen LogP contribution is 2.31. The van der Waals surface area contributed by atoms with Crippen molar-refractivity contribution in [2.45, 2.75) is 0 Å². The van der Waals surface area contributed by atoms with Crippen molar-refractivity contribution in [2.75, 3.05) is 5.73 Å². The van der Waals surface area contributed by atoms with Crippen LogP contribution in [0.25, 0.3) is 27.9 Å². The number of nitriles is 1. The van der Waals surface area contributed by atoms with Crippen molar-refractivity contribution in [2.24, 2.45) is 0 Å². The van der Waals surface area contributed by atoms with Gasteiger partial charge in [-0.2, -0.15) is 5.26 Å². The Morgan fingerprint density at radius 1 is 1.12 bits per heavy atom. The maximum atomic E-state index is 11.1. The Hall–Kier alpha value is -3.99. The third kappa shape index (κ3) is 2.14. The summed E-state index contributed by atoms with van der Waals surface area (Å²) < 4.78 is 1.51. The van der Waals surface area contributed by atoms with E-state index in [-0.39, 0.29) is 17.1 Å². The number of rotatable bonds is 2. The predicted molar refractivity (Wildman–Crippen MR) is 92.2 cm³/mol. The molecule has 8 heteroatoms. The van der Waals surface area contributed by atoms with Crippen molar-refractivity contribution in [3.8, 4) is 11.8 Å². The van der Waals surface area contributed by atoms with Crippen molar-refractivity contribution < 1.29 is 4.92 Å². The van der Waals surface area contributed by atoms with Crippen LogP contribution in [0.1, 0.15) is 5.56 Å². The van der Waals surface area contributed by atoms with Gasteiger partial charge in [-0.25, -0.2) is 9.97 Å². The van der Waals surface area contributed by atoms with Gasteiger partial charge in [0.1, 0.15) is 23.0 Å². The fourth-order valence-electron chi connectivity index (χ4n) is 2.78. The van der Waals surface area contributed by atoms with Crippen molar-refractivity contribution in [3.63, 3.8) is 0 Å². The number of nitrogens with zero attached hydrogens (tertiary/aromatic N) is 5. The lowest BCUT2D eigenvalue weighted by atomic mass is 10.2. The van der Waals surface area contributed by atoms with Crippen LogP contribution >= 0.6 is 0 Å². The first-order chi connectivity index (χ1) is 12.1. The molecular formula is C17H10N6O2. The predicted octanol–water partition coefficient (Wildman–Crippen LogP) is 2.94. The van der Waals surface area contributed by atoms with Crippen LogP contribution in [0.15, 0.2) is 48.5 Å². The molecule has 0 spiro atoms. The molecule has 2 aromatic carbocycles. The number of aromatic nitrogens is 3. The summed E-state index contributed by atoms with van der Waals surface area (Å²) in [5, 5.41) is 20.5. The molecule has 0 unspecified atom stereocenters. The molecule has 0 bridgehead atoms. The number of para-hydroxylation sites is 2. The first kappa shape index (κ1) is 14.6. The van der Waals surface area contributed by atoms with Gasteiger partial charge in [0.25, 0.3) is 5.69 Å². The van der Waals surface area contributed by atoms with E-state index in [1.54, 1.807) is 24.3 Å². The Morgan fingerprint density at radius 3 is 2.52 bits per heavy atom. The van der Waals surface area contributed by atoms with Gasteiger partial charge in [0.05, 0.1) is 21.6 Å². The summed E-state index contributed by atoms with van der Waals surface area (Å²) in [6.07, 6.45) is 0. The van der Waals surface area contributed by atoms with E-state index in [1.807, 2.05) is 18.2 Å². The summed E-state index contributed by atoms with van der Waals surface area (Å²) in [7, 11) is 0. The summed E-state index contributed by atoms with van der Waals surface area (Å²) in [6.45, 7) is 0. The van der Waals surface area contributed by atoms with Crippen molar-refractivity contribution in [1.82, 2.24) is 14.5 Å². The number of nitrogens with two attached hydrogens (primary N) is 1. The molecule has 2 N–H and O–H groups in total. The molecule has 4 rings (SSSR count). The molecule has 0 radical (unpaired) electrons. The standard InChI is InChI=1S/C17H10N6O2/c18-9-12-15-17(21-14-7-2-1-6-13(14)20-15)22(16(12)19)10-4-3-5-11(8-10)23(24)25/h1-8H,19H2. The van der Waals surface area contributed by atoms with E-state index in [9.17, 15) is 15.4 Å². The van der Waals surface area contributed by atoms with E-state index in [2.05, 4.69) is 9.97 Å². The number of fused-ring (bicyclic) bond motifs is 2. The number of anilines is 1. The number of nitro groups is 1. The normalized spacial score (nSPS) is 10.8. The van der Waals surface area contributed by atoms with E-state index in [0.29, 0.717) is 27.9 Å². The Bertz CT molecular complexity index is 1210. The van der Waals surface area contributed by atoms with Crippen LogP contribution in [0.4, 0.5) is 11.5 Å². The molecule has 0 saturated heterocycles. The molecule has 2 heterocycles. The van der Waals surface area contributed by atoms with Crippen LogP contribution in [0.2, 0.25) is 0 Å². The number of nitro benzene ring substituents is 1. The van der Waals surface area contributed by atoms with Crippen molar-refractivity contribution >= 4 is 33.7 Å². The second-order valence-electron chi connectivity index (χ2n) is 5.37. The monoisotopic (exact) mass is 330 g/mol. The third-order valence-corrected chi connectivity index (χ3v) is 3.91. The smallest absolute Gasteiger partial charge is 0.271 e. The molecule has 0 fully saturated rings. The lowest BCUT2D eigenvalue weighted by Gasteiger charge is -2.07. The maximum Gasteiger partial charge on any atom is 0.271 e. The van der Waals surface area contributed by atoms with Crippen LogP contribution in [0.5, 0.6) is 0 Å². The van der Waals surface area contributed by atoms with Gasteiger partial charge in [-0.05, 0) is 18.2 Å². The molecule has 0 aliphatic heterocycles.